The van der Waals surface area contributed by atoms with Crippen LogP contribution in [0.1, 0.15) is 27.9 Å². The molecule has 0 atom stereocenters. The van der Waals surface area contributed by atoms with E-state index in [1.54, 1.807) is 50.2 Å². The topological polar surface area (TPSA) is 108 Å². The van der Waals surface area contributed by atoms with E-state index in [0.29, 0.717) is 17.0 Å². The molecule has 0 aliphatic heterocycles. The van der Waals surface area contributed by atoms with E-state index in [9.17, 15) is 14.7 Å². The molecular formula is C28H25NO7. The largest absolute Gasteiger partial charge is 0.506 e. The number of rotatable bonds is 6. The van der Waals surface area contributed by atoms with Crippen molar-refractivity contribution in [2.45, 2.75) is 20.8 Å². The highest BCUT2D eigenvalue weighted by atomic mass is 16.5. The van der Waals surface area contributed by atoms with Gasteiger partial charge in [-0.25, -0.2) is 14.6 Å². The van der Waals surface area contributed by atoms with Crippen molar-refractivity contribution in [3.05, 3.63) is 93.0 Å². The number of nitrogens with zero attached hydrogens (tertiary/aromatic N) is 1. The van der Waals surface area contributed by atoms with Crippen molar-refractivity contribution in [3.63, 3.8) is 0 Å². The summed E-state index contributed by atoms with van der Waals surface area (Å²) in [7, 11) is 2.90. The van der Waals surface area contributed by atoms with Crippen molar-refractivity contribution >= 4 is 28.4 Å². The van der Waals surface area contributed by atoms with Crippen molar-refractivity contribution in [3.8, 4) is 17.2 Å². The van der Waals surface area contributed by atoms with Gasteiger partial charge in [-0.3, -0.25) is 0 Å². The van der Waals surface area contributed by atoms with Gasteiger partial charge in [0.2, 0.25) is 0 Å². The zero-order valence-electron chi connectivity index (χ0n) is 20.5. The van der Waals surface area contributed by atoms with Gasteiger partial charge in [0.25, 0.3) is 0 Å². The maximum Gasteiger partial charge on any atom is 0.363 e. The van der Waals surface area contributed by atoms with Crippen molar-refractivity contribution in [1.29, 1.82) is 0 Å². The molecule has 0 saturated carbocycles. The fraction of sp³-hybridized carbons (Fsp3) is 0.179. The van der Waals surface area contributed by atoms with Gasteiger partial charge < -0.3 is 23.7 Å². The highest BCUT2D eigenvalue weighted by Crippen LogP contribution is 2.34. The summed E-state index contributed by atoms with van der Waals surface area (Å²) in [5.41, 5.74) is 1.40. The van der Waals surface area contributed by atoms with Crippen LogP contribution in [0.15, 0.2) is 63.8 Å². The maximum absolute atomic E-state index is 13.6. The molecule has 0 amide bonds. The number of hydrogen-bond acceptors (Lipinski definition) is 8. The Morgan fingerprint density at radius 2 is 1.64 bits per heavy atom. The third kappa shape index (κ3) is 4.65. The summed E-state index contributed by atoms with van der Waals surface area (Å²) in [6.45, 7) is 5.55. The lowest BCUT2D eigenvalue weighted by Crippen LogP contribution is -2.20. The number of aryl methyl sites for hydroxylation is 3. The summed E-state index contributed by atoms with van der Waals surface area (Å²) in [4.78, 5) is 30.9. The predicted octanol–water partition coefficient (Wildman–Crippen LogP) is 5.16. The van der Waals surface area contributed by atoms with Gasteiger partial charge in [-0.2, -0.15) is 0 Å². The first-order chi connectivity index (χ1) is 17.2. The molecule has 0 bridgehead atoms. The minimum absolute atomic E-state index is 0.136. The summed E-state index contributed by atoms with van der Waals surface area (Å²) in [5.74, 6) is -0.526. The van der Waals surface area contributed by atoms with Gasteiger partial charge >= 0.3 is 11.6 Å². The average Bonchev–Trinajstić information content (AvgIpc) is 2.86. The zero-order chi connectivity index (χ0) is 26.0. The normalized spacial score (nSPS) is 11.7. The smallest absolute Gasteiger partial charge is 0.363 e. The number of methoxy groups -OCH3 is 2. The Kier molecular flexibility index (Phi) is 6.78. The molecule has 0 saturated heterocycles. The molecule has 0 unspecified atom stereocenters. The van der Waals surface area contributed by atoms with Crippen LogP contribution in [0.5, 0.6) is 17.2 Å². The van der Waals surface area contributed by atoms with Crippen LogP contribution >= 0.6 is 0 Å². The maximum atomic E-state index is 13.6. The lowest BCUT2D eigenvalue weighted by molar-refractivity contribution is -0.128. The fourth-order valence-electron chi connectivity index (χ4n) is 4.01. The van der Waals surface area contributed by atoms with Crippen LogP contribution in [0.4, 0.5) is 0 Å². The molecule has 8 heteroatoms. The molecule has 3 aromatic carbocycles. The number of aromatic nitrogens is 1. The molecule has 4 aromatic rings. The molecule has 8 nitrogen and oxygen atoms in total. The van der Waals surface area contributed by atoms with Crippen LogP contribution < -0.4 is 19.8 Å². The van der Waals surface area contributed by atoms with Crippen LogP contribution in [0, 0.1) is 20.8 Å². The molecule has 1 aromatic heterocycles. The number of benzene rings is 3. The molecule has 0 aliphatic carbocycles. The third-order valence-corrected chi connectivity index (χ3v) is 5.63. The highest BCUT2D eigenvalue weighted by Gasteiger charge is 2.29. The van der Waals surface area contributed by atoms with Gasteiger partial charge in [-0.05, 0) is 56.2 Å². The molecule has 0 radical (unpaired) electrons. The summed E-state index contributed by atoms with van der Waals surface area (Å²) >= 11 is 0. The van der Waals surface area contributed by atoms with Gasteiger partial charge in [0.05, 0.1) is 19.8 Å². The Morgan fingerprint density at radius 1 is 0.944 bits per heavy atom. The number of aliphatic hydroxyl groups excluding tert-OH is 1. The first-order valence-corrected chi connectivity index (χ1v) is 11.1. The summed E-state index contributed by atoms with van der Waals surface area (Å²) in [6.07, 6.45) is 0. The summed E-state index contributed by atoms with van der Waals surface area (Å²) in [6, 6.07) is 15.0. The number of esters is 1. The van der Waals surface area contributed by atoms with E-state index in [1.807, 2.05) is 19.1 Å². The van der Waals surface area contributed by atoms with Gasteiger partial charge in [-0.15, -0.1) is 0 Å². The molecule has 4 rings (SSSR count). The SMILES string of the molecule is COc1ccc(C(O)=C(C(=O)Oc2c(C)cc(C)cc2C)c2nc3ccccc3oc2=O)c(OC)c1. The number of fused-ring (bicyclic) bond motifs is 1. The van der Waals surface area contributed by atoms with E-state index < -0.39 is 28.6 Å². The van der Waals surface area contributed by atoms with E-state index in [2.05, 4.69) is 4.98 Å². The van der Waals surface area contributed by atoms with Crippen LogP contribution in [0.2, 0.25) is 0 Å². The highest BCUT2D eigenvalue weighted by molar-refractivity contribution is 6.23. The number of hydrogen-bond donors (Lipinski definition) is 1. The molecule has 36 heavy (non-hydrogen) atoms. The van der Waals surface area contributed by atoms with Gasteiger partial charge in [-0.1, -0.05) is 29.8 Å². The van der Waals surface area contributed by atoms with Crippen LogP contribution in [-0.4, -0.2) is 30.3 Å². The minimum Gasteiger partial charge on any atom is -0.506 e. The van der Waals surface area contributed by atoms with E-state index >= 15 is 0 Å². The molecule has 184 valence electrons. The Hall–Kier alpha value is -4.59. The zero-order valence-corrected chi connectivity index (χ0v) is 20.5. The van der Waals surface area contributed by atoms with E-state index in [1.165, 1.54) is 20.3 Å². The molecule has 1 heterocycles. The number of para-hydroxylation sites is 2. The predicted molar refractivity (Wildman–Crippen MR) is 136 cm³/mol. The quantitative estimate of drug-likeness (QED) is 0.172. The molecule has 0 aliphatic rings. The second-order valence-electron chi connectivity index (χ2n) is 8.22. The second kappa shape index (κ2) is 9.95. The van der Waals surface area contributed by atoms with Crippen molar-refractivity contribution in [1.82, 2.24) is 4.98 Å². The molecule has 1 N–H and O–H groups in total. The monoisotopic (exact) mass is 487 g/mol. The lowest BCUT2D eigenvalue weighted by Gasteiger charge is -2.15. The van der Waals surface area contributed by atoms with E-state index in [0.717, 1.165) is 16.7 Å². The van der Waals surface area contributed by atoms with E-state index in [4.69, 9.17) is 18.6 Å². The van der Waals surface area contributed by atoms with Crippen molar-refractivity contribution < 1.29 is 28.5 Å². The van der Waals surface area contributed by atoms with Crippen LogP contribution in [0.25, 0.3) is 22.4 Å². The Bertz CT molecular complexity index is 1540. The van der Waals surface area contributed by atoms with Crippen LogP contribution in [-0.2, 0) is 4.79 Å². The Labute approximate surface area is 207 Å². The Morgan fingerprint density at radius 3 is 2.31 bits per heavy atom. The Balaban J connectivity index is 1.96. The molecule has 0 spiro atoms. The first kappa shape index (κ1) is 24.5. The number of aliphatic hydroxyl groups is 1. The second-order valence-corrected chi connectivity index (χ2v) is 8.22. The summed E-state index contributed by atoms with van der Waals surface area (Å²) in [5, 5.41) is 11.4. The molecule has 0 fully saturated rings. The summed E-state index contributed by atoms with van der Waals surface area (Å²) < 4.78 is 21.7. The fourth-order valence-corrected chi connectivity index (χ4v) is 4.01. The minimum atomic E-state index is -0.976. The average molecular weight is 488 g/mol. The lowest BCUT2D eigenvalue weighted by atomic mass is 10.0. The van der Waals surface area contributed by atoms with Gasteiger partial charge in [0, 0.05) is 6.07 Å². The van der Waals surface area contributed by atoms with Crippen LogP contribution in [0.3, 0.4) is 0 Å². The standard InChI is InChI=1S/C28H25NO7/c1-15-12-16(2)26(17(3)13-15)36-27(31)23(24-28(32)35-21-9-7-6-8-20(21)29-24)25(30)19-11-10-18(33-4)14-22(19)34-5/h6-14,30H,1-5H3. The van der Waals surface area contributed by atoms with Gasteiger partial charge in [0.1, 0.15) is 34.1 Å². The number of ether oxygens (including phenoxy) is 3. The number of carbonyl (C=O) groups is 1. The number of carbonyl (C=O) groups excluding carboxylic acids is 1. The van der Waals surface area contributed by atoms with E-state index in [-0.39, 0.29) is 16.9 Å². The van der Waals surface area contributed by atoms with Crippen molar-refractivity contribution in [2.24, 2.45) is 0 Å². The van der Waals surface area contributed by atoms with Gasteiger partial charge in [0.15, 0.2) is 11.3 Å². The third-order valence-electron chi connectivity index (χ3n) is 5.63. The molecular weight excluding hydrogens is 462 g/mol. The first-order valence-electron chi connectivity index (χ1n) is 11.1. The van der Waals surface area contributed by atoms with Crippen molar-refractivity contribution in [2.75, 3.05) is 14.2 Å².